The molecule has 33 heavy (non-hydrogen) atoms. The number of carbonyl (C=O) groups is 3. The lowest BCUT2D eigenvalue weighted by molar-refractivity contribution is -0.122. The van der Waals surface area contributed by atoms with Crippen molar-refractivity contribution in [1.82, 2.24) is 20.4 Å². The first-order chi connectivity index (χ1) is 15.9. The van der Waals surface area contributed by atoms with E-state index in [2.05, 4.69) is 27.9 Å². The number of aryl methyl sites for hydroxylation is 1. The summed E-state index contributed by atoms with van der Waals surface area (Å²) >= 11 is 0. The molecule has 9 heteroatoms. The van der Waals surface area contributed by atoms with Crippen LogP contribution in [0, 0.1) is 0 Å². The molecule has 0 fully saturated rings. The predicted octanol–water partition coefficient (Wildman–Crippen LogP) is 2.66. The van der Waals surface area contributed by atoms with Crippen molar-refractivity contribution < 1.29 is 24.2 Å². The first kappa shape index (κ1) is 22.1. The maximum Gasteiger partial charge on any atom is 0.407 e. The minimum Gasteiger partial charge on any atom is -0.477 e. The highest BCUT2D eigenvalue weighted by molar-refractivity contribution is 5.88. The van der Waals surface area contributed by atoms with Gasteiger partial charge in [-0.3, -0.25) is 9.48 Å². The first-order valence-corrected chi connectivity index (χ1v) is 10.5. The van der Waals surface area contributed by atoms with Crippen LogP contribution in [-0.4, -0.2) is 45.5 Å². The van der Waals surface area contributed by atoms with Crippen molar-refractivity contribution in [3.05, 3.63) is 77.1 Å². The standard InChI is InChI=1S/C24H24N4O5/c1-14(22(29)25-11-15-12-26-28(2)21(15)23(30)31)27-24(32)33-13-20-18-9-5-3-7-16(18)17-8-4-6-10-19(17)20/h3-10,12,14,20H,11,13H2,1-2H3,(H,25,29)(H,27,32)(H,30,31)/t14-/m1/s1. The number of hydrogen-bond donors (Lipinski definition) is 3. The number of hydrogen-bond acceptors (Lipinski definition) is 5. The summed E-state index contributed by atoms with van der Waals surface area (Å²) in [7, 11) is 1.51. The number of alkyl carbamates (subject to hydrolysis) is 1. The van der Waals surface area contributed by atoms with Gasteiger partial charge in [-0.2, -0.15) is 5.10 Å². The fraction of sp³-hybridized carbons (Fsp3) is 0.250. The second kappa shape index (κ2) is 9.15. The molecule has 4 rings (SSSR count). The van der Waals surface area contributed by atoms with Crippen LogP contribution in [0.3, 0.4) is 0 Å². The van der Waals surface area contributed by atoms with Crippen LogP contribution in [0.25, 0.3) is 11.1 Å². The zero-order chi connectivity index (χ0) is 23.5. The molecule has 3 N–H and O–H groups in total. The number of benzene rings is 2. The smallest absolute Gasteiger partial charge is 0.407 e. The Balaban J connectivity index is 1.32. The second-order valence-corrected chi connectivity index (χ2v) is 7.86. The SMILES string of the molecule is C[C@@H](NC(=O)OCC1c2ccccc2-c2ccccc21)C(=O)NCc1cnn(C)c1C(=O)O. The molecule has 0 saturated heterocycles. The van der Waals surface area contributed by atoms with Gasteiger partial charge in [-0.15, -0.1) is 0 Å². The zero-order valence-corrected chi connectivity index (χ0v) is 18.2. The molecule has 0 aliphatic heterocycles. The van der Waals surface area contributed by atoms with Crippen molar-refractivity contribution >= 4 is 18.0 Å². The molecule has 0 bridgehead atoms. The van der Waals surface area contributed by atoms with Crippen LogP contribution in [0.5, 0.6) is 0 Å². The molecule has 2 amide bonds. The highest BCUT2D eigenvalue weighted by Gasteiger charge is 2.29. The van der Waals surface area contributed by atoms with Gasteiger partial charge in [0.25, 0.3) is 0 Å². The quantitative estimate of drug-likeness (QED) is 0.511. The Morgan fingerprint density at radius 2 is 1.70 bits per heavy atom. The Bertz CT molecular complexity index is 1170. The molecule has 1 aliphatic rings. The van der Waals surface area contributed by atoms with E-state index in [-0.39, 0.29) is 24.8 Å². The van der Waals surface area contributed by atoms with Gasteiger partial charge in [0.15, 0.2) is 5.69 Å². The number of aromatic carboxylic acids is 1. The third-order valence-corrected chi connectivity index (χ3v) is 5.74. The number of rotatable bonds is 7. The van der Waals surface area contributed by atoms with E-state index in [9.17, 15) is 19.5 Å². The maximum atomic E-state index is 12.4. The Labute approximate surface area is 190 Å². The minimum atomic E-state index is -1.14. The van der Waals surface area contributed by atoms with Crippen molar-refractivity contribution in [3.63, 3.8) is 0 Å². The Kier molecular flexibility index (Phi) is 6.12. The Hall–Kier alpha value is -4.14. The molecule has 1 atom stereocenters. The molecular formula is C24H24N4O5. The number of carboxylic acids is 1. The molecule has 1 aromatic heterocycles. The van der Waals surface area contributed by atoms with E-state index in [1.54, 1.807) is 0 Å². The molecule has 0 spiro atoms. The average molecular weight is 448 g/mol. The fourth-order valence-corrected chi connectivity index (χ4v) is 4.11. The Morgan fingerprint density at radius 1 is 1.09 bits per heavy atom. The highest BCUT2D eigenvalue weighted by atomic mass is 16.5. The van der Waals surface area contributed by atoms with Crippen molar-refractivity contribution in [2.75, 3.05) is 6.61 Å². The van der Waals surface area contributed by atoms with Crippen LogP contribution < -0.4 is 10.6 Å². The molecule has 0 saturated carbocycles. The molecule has 0 radical (unpaired) electrons. The molecule has 1 heterocycles. The summed E-state index contributed by atoms with van der Waals surface area (Å²) in [6, 6.07) is 15.2. The van der Waals surface area contributed by atoms with Gasteiger partial charge < -0.3 is 20.5 Å². The molecule has 9 nitrogen and oxygen atoms in total. The number of nitrogens with zero attached hydrogens (tertiary/aromatic N) is 2. The van der Waals surface area contributed by atoms with Gasteiger partial charge in [0, 0.05) is 25.1 Å². The number of ether oxygens (including phenoxy) is 1. The topological polar surface area (TPSA) is 123 Å². The van der Waals surface area contributed by atoms with Crippen molar-refractivity contribution in [1.29, 1.82) is 0 Å². The van der Waals surface area contributed by atoms with E-state index < -0.39 is 24.0 Å². The third-order valence-electron chi connectivity index (χ3n) is 5.74. The maximum absolute atomic E-state index is 12.4. The van der Waals surface area contributed by atoms with E-state index in [1.165, 1.54) is 24.9 Å². The molecule has 2 aromatic carbocycles. The van der Waals surface area contributed by atoms with Gasteiger partial charge in [-0.25, -0.2) is 9.59 Å². The predicted molar refractivity (Wildman–Crippen MR) is 120 cm³/mol. The summed E-state index contributed by atoms with van der Waals surface area (Å²) in [5.74, 6) is -1.68. The summed E-state index contributed by atoms with van der Waals surface area (Å²) in [4.78, 5) is 36.0. The molecule has 170 valence electrons. The van der Waals surface area contributed by atoms with Gasteiger partial charge >= 0.3 is 12.1 Å². The molecular weight excluding hydrogens is 424 g/mol. The number of nitrogens with one attached hydrogen (secondary N) is 2. The van der Waals surface area contributed by atoms with Crippen LogP contribution in [0.2, 0.25) is 0 Å². The fourth-order valence-electron chi connectivity index (χ4n) is 4.11. The number of fused-ring (bicyclic) bond motifs is 3. The highest BCUT2D eigenvalue weighted by Crippen LogP contribution is 2.44. The zero-order valence-electron chi connectivity index (χ0n) is 18.2. The molecule has 0 unspecified atom stereocenters. The van der Waals surface area contributed by atoms with E-state index in [4.69, 9.17) is 4.74 Å². The first-order valence-electron chi connectivity index (χ1n) is 10.5. The van der Waals surface area contributed by atoms with Crippen LogP contribution in [0.15, 0.2) is 54.7 Å². The van der Waals surface area contributed by atoms with E-state index >= 15 is 0 Å². The van der Waals surface area contributed by atoms with Gasteiger partial charge in [-0.1, -0.05) is 48.5 Å². The largest absolute Gasteiger partial charge is 0.477 e. The van der Waals surface area contributed by atoms with Crippen molar-refractivity contribution in [3.8, 4) is 11.1 Å². The van der Waals surface area contributed by atoms with Gasteiger partial charge in [0.1, 0.15) is 12.6 Å². The third kappa shape index (κ3) is 4.43. The normalized spacial score (nSPS) is 13.0. The van der Waals surface area contributed by atoms with E-state index in [0.29, 0.717) is 5.56 Å². The number of amides is 2. The average Bonchev–Trinajstić information content (AvgIpc) is 3.33. The molecule has 3 aromatic rings. The van der Waals surface area contributed by atoms with Crippen LogP contribution in [0.1, 0.15) is 40.0 Å². The lowest BCUT2D eigenvalue weighted by Gasteiger charge is -2.17. The van der Waals surface area contributed by atoms with Crippen LogP contribution in [0.4, 0.5) is 4.79 Å². The van der Waals surface area contributed by atoms with Gasteiger partial charge in [-0.05, 0) is 29.2 Å². The van der Waals surface area contributed by atoms with Crippen LogP contribution >= 0.6 is 0 Å². The summed E-state index contributed by atoms with van der Waals surface area (Å²) in [6.07, 6.45) is 0.681. The molecule has 1 aliphatic carbocycles. The summed E-state index contributed by atoms with van der Waals surface area (Å²) in [5.41, 5.74) is 4.82. The van der Waals surface area contributed by atoms with Gasteiger partial charge in [0.2, 0.25) is 5.91 Å². The lowest BCUT2D eigenvalue weighted by Crippen LogP contribution is -2.45. The van der Waals surface area contributed by atoms with Crippen LogP contribution in [-0.2, 0) is 23.1 Å². The van der Waals surface area contributed by atoms with Crippen molar-refractivity contribution in [2.24, 2.45) is 7.05 Å². The lowest BCUT2D eigenvalue weighted by atomic mass is 9.98. The summed E-state index contributed by atoms with van der Waals surface area (Å²) in [6.45, 7) is 1.65. The summed E-state index contributed by atoms with van der Waals surface area (Å²) < 4.78 is 6.68. The van der Waals surface area contributed by atoms with Gasteiger partial charge in [0.05, 0.1) is 6.20 Å². The van der Waals surface area contributed by atoms with E-state index in [1.807, 2.05) is 36.4 Å². The van der Waals surface area contributed by atoms with Crippen molar-refractivity contribution in [2.45, 2.75) is 25.4 Å². The summed E-state index contributed by atoms with van der Waals surface area (Å²) in [5, 5.41) is 18.3. The monoisotopic (exact) mass is 448 g/mol. The van der Waals surface area contributed by atoms with E-state index in [0.717, 1.165) is 22.3 Å². The Morgan fingerprint density at radius 3 is 2.30 bits per heavy atom. The minimum absolute atomic E-state index is 0.00699. The number of carbonyl (C=O) groups excluding carboxylic acids is 2. The number of carboxylic acid groups (broad SMARTS) is 1. The second-order valence-electron chi connectivity index (χ2n) is 7.86. The number of aromatic nitrogens is 2.